The SMILES string of the molecule is C=C(NCC(=O)N1CC(F)(F)C[C@H]1NC)c1ccnc2ccc(/C=C(\C)c3ccc(Cl)cc3)cc12. The van der Waals surface area contributed by atoms with Gasteiger partial charge < -0.3 is 15.5 Å². The van der Waals surface area contributed by atoms with E-state index in [9.17, 15) is 13.6 Å². The molecule has 1 fully saturated rings. The Bertz CT molecular complexity index is 1290. The fourth-order valence-corrected chi connectivity index (χ4v) is 4.40. The minimum Gasteiger partial charge on any atom is -0.376 e. The highest BCUT2D eigenvalue weighted by atomic mass is 35.5. The Morgan fingerprint density at radius 2 is 2.00 bits per heavy atom. The standard InChI is InChI=1S/C27H27ClF2N4O/c1-17(20-5-7-21(28)8-6-20)12-19-4-9-24-23(13-19)22(10-11-32-24)18(2)33-15-26(35)34-16-27(29,30)14-25(34)31-3/h4-13,25,31,33H,2,14-16H2,1,3H3/b17-12+/t25-/m0/s1. The minimum atomic E-state index is -2.89. The monoisotopic (exact) mass is 496 g/mol. The van der Waals surface area contributed by atoms with E-state index in [1.54, 1.807) is 13.2 Å². The first-order valence-corrected chi connectivity index (χ1v) is 11.7. The molecule has 2 N–H and O–H groups in total. The fourth-order valence-electron chi connectivity index (χ4n) is 4.28. The Hall–Kier alpha value is -3.29. The summed E-state index contributed by atoms with van der Waals surface area (Å²) in [7, 11) is 1.57. The lowest BCUT2D eigenvalue weighted by Crippen LogP contribution is -2.46. The van der Waals surface area contributed by atoms with Crippen molar-refractivity contribution in [3.05, 3.63) is 83.0 Å². The normalized spacial score (nSPS) is 17.6. The summed E-state index contributed by atoms with van der Waals surface area (Å²) in [5, 5.41) is 7.36. The lowest BCUT2D eigenvalue weighted by atomic mass is 10.0. The van der Waals surface area contributed by atoms with Crippen LogP contribution in [-0.4, -0.2) is 48.0 Å². The zero-order valence-electron chi connectivity index (χ0n) is 19.6. The molecule has 1 aromatic heterocycles. The van der Waals surface area contributed by atoms with E-state index in [4.69, 9.17) is 11.6 Å². The minimum absolute atomic E-state index is 0.133. The first-order chi connectivity index (χ1) is 16.7. The van der Waals surface area contributed by atoms with Crippen molar-refractivity contribution in [2.24, 2.45) is 0 Å². The van der Waals surface area contributed by atoms with Gasteiger partial charge in [-0.05, 0) is 61.0 Å². The van der Waals surface area contributed by atoms with Gasteiger partial charge in [0, 0.05) is 34.3 Å². The van der Waals surface area contributed by atoms with Gasteiger partial charge in [-0.2, -0.15) is 0 Å². The van der Waals surface area contributed by atoms with Crippen LogP contribution in [0, 0.1) is 0 Å². The third-order valence-electron chi connectivity index (χ3n) is 6.15. The van der Waals surface area contributed by atoms with Crippen molar-refractivity contribution in [2.45, 2.75) is 25.4 Å². The quantitative estimate of drug-likeness (QED) is 0.429. The smallest absolute Gasteiger partial charge is 0.268 e. The Balaban J connectivity index is 1.53. The molecule has 8 heteroatoms. The molecule has 1 atom stereocenters. The maximum atomic E-state index is 13.8. The van der Waals surface area contributed by atoms with Crippen LogP contribution in [0.2, 0.25) is 5.02 Å². The molecule has 0 spiro atoms. The first-order valence-electron chi connectivity index (χ1n) is 11.3. The summed E-state index contributed by atoms with van der Waals surface area (Å²) in [6.45, 7) is 5.39. The first kappa shape index (κ1) is 24.8. The van der Waals surface area contributed by atoms with Gasteiger partial charge >= 0.3 is 0 Å². The highest BCUT2D eigenvalue weighted by Crippen LogP contribution is 2.31. The summed E-state index contributed by atoms with van der Waals surface area (Å²) in [4.78, 5) is 18.3. The van der Waals surface area contributed by atoms with Crippen molar-refractivity contribution in [1.29, 1.82) is 0 Å². The number of alkyl halides is 2. The number of nitrogens with one attached hydrogen (secondary N) is 2. The van der Waals surface area contributed by atoms with E-state index in [-0.39, 0.29) is 6.54 Å². The second-order valence-electron chi connectivity index (χ2n) is 8.69. The van der Waals surface area contributed by atoms with E-state index in [0.29, 0.717) is 10.7 Å². The number of likely N-dealkylation sites (tertiary alicyclic amines) is 1. The average molecular weight is 497 g/mol. The third-order valence-corrected chi connectivity index (χ3v) is 6.40. The number of fused-ring (bicyclic) bond motifs is 1. The van der Waals surface area contributed by atoms with E-state index in [0.717, 1.165) is 33.2 Å². The van der Waals surface area contributed by atoms with Crippen LogP contribution in [0.1, 0.15) is 30.0 Å². The summed E-state index contributed by atoms with van der Waals surface area (Å²) in [6, 6.07) is 15.4. The van der Waals surface area contributed by atoms with Gasteiger partial charge in [0.15, 0.2) is 0 Å². The summed E-state index contributed by atoms with van der Waals surface area (Å²) in [5.74, 6) is -3.31. The zero-order chi connectivity index (χ0) is 25.2. The van der Waals surface area contributed by atoms with Crippen molar-refractivity contribution < 1.29 is 13.6 Å². The molecule has 4 rings (SSSR count). The van der Waals surface area contributed by atoms with E-state index in [1.165, 1.54) is 4.90 Å². The Kier molecular flexibility index (Phi) is 7.19. The molecule has 5 nitrogen and oxygen atoms in total. The Labute approximate surface area is 208 Å². The molecule has 0 bridgehead atoms. The molecule has 0 unspecified atom stereocenters. The van der Waals surface area contributed by atoms with Gasteiger partial charge in [0.25, 0.3) is 5.92 Å². The molecule has 3 aromatic rings. The summed E-state index contributed by atoms with van der Waals surface area (Å²) in [5.41, 5.74) is 5.23. The van der Waals surface area contributed by atoms with Crippen LogP contribution in [-0.2, 0) is 4.79 Å². The number of allylic oxidation sites excluding steroid dienone is 1. The number of benzene rings is 2. The second kappa shape index (κ2) is 10.1. The van der Waals surface area contributed by atoms with E-state index < -0.39 is 31.0 Å². The molecule has 2 aromatic carbocycles. The molecule has 35 heavy (non-hydrogen) atoms. The second-order valence-corrected chi connectivity index (χ2v) is 9.12. The van der Waals surface area contributed by atoms with Gasteiger partial charge in [0.1, 0.15) is 0 Å². The summed E-state index contributed by atoms with van der Waals surface area (Å²) in [6.07, 6.45) is 2.67. The van der Waals surface area contributed by atoms with Crippen molar-refractivity contribution >= 4 is 45.8 Å². The molecule has 0 radical (unpaired) electrons. The maximum absolute atomic E-state index is 13.8. The third kappa shape index (κ3) is 5.69. The predicted molar refractivity (Wildman–Crippen MR) is 138 cm³/mol. The highest BCUT2D eigenvalue weighted by Gasteiger charge is 2.46. The van der Waals surface area contributed by atoms with Crippen LogP contribution in [0.3, 0.4) is 0 Å². The Morgan fingerprint density at radius 3 is 2.71 bits per heavy atom. The number of carbonyl (C=O) groups is 1. The summed E-state index contributed by atoms with van der Waals surface area (Å²) < 4.78 is 27.6. The van der Waals surface area contributed by atoms with Crippen molar-refractivity contribution in [3.63, 3.8) is 0 Å². The maximum Gasteiger partial charge on any atom is 0.268 e. The molecule has 0 aliphatic carbocycles. The lowest BCUT2D eigenvalue weighted by Gasteiger charge is -2.24. The zero-order valence-corrected chi connectivity index (χ0v) is 20.4. The number of carbonyl (C=O) groups excluding carboxylic acids is 1. The van der Waals surface area contributed by atoms with Gasteiger partial charge in [-0.1, -0.05) is 42.5 Å². The lowest BCUT2D eigenvalue weighted by molar-refractivity contribution is -0.132. The van der Waals surface area contributed by atoms with Gasteiger partial charge in [0.05, 0.1) is 24.8 Å². The molecule has 0 saturated carbocycles. The number of nitrogens with zero attached hydrogens (tertiary/aromatic N) is 2. The molecule has 182 valence electrons. The summed E-state index contributed by atoms with van der Waals surface area (Å²) >= 11 is 6.00. The van der Waals surface area contributed by atoms with E-state index in [1.807, 2.05) is 55.5 Å². The number of hydrogen-bond acceptors (Lipinski definition) is 4. The molecule has 1 aliphatic heterocycles. The Morgan fingerprint density at radius 1 is 1.26 bits per heavy atom. The number of aromatic nitrogens is 1. The van der Waals surface area contributed by atoms with Crippen LogP contribution in [0.15, 0.2) is 61.3 Å². The van der Waals surface area contributed by atoms with Crippen LogP contribution in [0.5, 0.6) is 0 Å². The molecule has 1 amide bonds. The van der Waals surface area contributed by atoms with Crippen molar-refractivity contribution in [2.75, 3.05) is 20.1 Å². The molecular formula is C27H27ClF2N4O. The largest absolute Gasteiger partial charge is 0.376 e. The van der Waals surface area contributed by atoms with Gasteiger partial charge in [0.2, 0.25) is 5.91 Å². The number of hydrogen-bond donors (Lipinski definition) is 2. The number of halogens is 3. The molecule has 2 heterocycles. The average Bonchev–Trinajstić information content (AvgIpc) is 3.17. The van der Waals surface area contributed by atoms with Gasteiger partial charge in [-0.3, -0.25) is 9.78 Å². The van der Waals surface area contributed by atoms with Crippen LogP contribution >= 0.6 is 11.6 Å². The molecule has 1 saturated heterocycles. The van der Waals surface area contributed by atoms with E-state index in [2.05, 4.69) is 28.3 Å². The van der Waals surface area contributed by atoms with Gasteiger partial charge in [-0.25, -0.2) is 8.78 Å². The number of amides is 1. The van der Waals surface area contributed by atoms with Crippen molar-refractivity contribution in [3.8, 4) is 0 Å². The number of rotatable bonds is 7. The van der Waals surface area contributed by atoms with Gasteiger partial charge in [-0.15, -0.1) is 0 Å². The van der Waals surface area contributed by atoms with Crippen LogP contribution in [0.4, 0.5) is 8.78 Å². The molecule has 1 aliphatic rings. The predicted octanol–water partition coefficient (Wildman–Crippen LogP) is 5.42. The molecular weight excluding hydrogens is 470 g/mol. The van der Waals surface area contributed by atoms with Crippen molar-refractivity contribution in [1.82, 2.24) is 20.5 Å². The topological polar surface area (TPSA) is 57.3 Å². The van der Waals surface area contributed by atoms with Crippen LogP contribution < -0.4 is 10.6 Å². The number of pyridine rings is 1. The highest BCUT2D eigenvalue weighted by molar-refractivity contribution is 6.30. The van der Waals surface area contributed by atoms with Crippen LogP contribution in [0.25, 0.3) is 28.2 Å². The van der Waals surface area contributed by atoms with E-state index >= 15 is 0 Å². The fraction of sp³-hybridized carbons (Fsp3) is 0.259.